The van der Waals surface area contributed by atoms with Gasteiger partial charge in [0.2, 0.25) is 5.88 Å². The minimum atomic E-state index is 0.340. The van der Waals surface area contributed by atoms with E-state index in [0.29, 0.717) is 12.5 Å². The normalized spacial score (nSPS) is 10.8. The summed E-state index contributed by atoms with van der Waals surface area (Å²) in [6.07, 6.45) is 8.73. The van der Waals surface area contributed by atoms with Crippen LogP contribution in [0.25, 0.3) is 5.65 Å². The Kier molecular flexibility index (Phi) is 4.09. The van der Waals surface area contributed by atoms with Crippen LogP contribution >= 0.6 is 0 Å². The molecule has 0 aliphatic rings. The Morgan fingerprint density at radius 3 is 2.95 bits per heavy atom. The summed E-state index contributed by atoms with van der Waals surface area (Å²) in [6, 6.07) is 3.76. The molecule has 6 nitrogen and oxygen atoms in total. The smallest absolute Gasteiger partial charge is 0.218 e. The number of ether oxygens (including phenoxy) is 1. The maximum Gasteiger partial charge on any atom is 0.218 e. The van der Waals surface area contributed by atoms with E-state index < -0.39 is 0 Å². The molecule has 0 aliphatic carbocycles. The summed E-state index contributed by atoms with van der Waals surface area (Å²) in [4.78, 5) is 13.0. The first-order chi connectivity index (χ1) is 10.8. The number of aromatic nitrogens is 5. The van der Waals surface area contributed by atoms with E-state index in [-0.39, 0.29) is 0 Å². The fraction of sp³-hybridized carbons (Fsp3) is 0.250. The van der Waals surface area contributed by atoms with Crippen molar-refractivity contribution in [3.63, 3.8) is 0 Å². The van der Waals surface area contributed by atoms with Crippen LogP contribution in [0.3, 0.4) is 0 Å². The molecule has 3 aromatic rings. The van der Waals surface area contributed by atoms with Crippen molar-refractivity contribution in [1.82, 2.24) is 24.6 Å². The van der Waals surface area contributed by atoms with Gasteiger partial charge in [-0.2, -0.15) is 9.61 Å². The zero-order valence-electron chi connectivity index (χ0n) is 12.4. The highest BCUT2D eigenvalue weighted by atomic mass is 16.5. The van der Waals surface area contributed by atoms with Crippen LogP contribution in [0.1, 0.15) is 23.5 Å². The Morgan fingerprint density at radius 2 is 2.18 bits per heavy atom. The molecular weight excluding hydrogens is 278 g/mol. The van der Waals surface area contributed by atoms with Crippen molar-refractivity contribution in [2.75, 3.05) is 0 Å². The summed E-state index contributed by atoms with van der Waals surface area (Å²) in [5.74, 6) is 0.649. The van der Waals surface area contributed by atoms with Crippen LogP contribution in [0.2, 0.25) is 0 Å². The van der Waals surface area contributed by atoms with Gasteiger partial charge in [-0.05, 0) is 19.8 Å². The van der Waals surface area contributed by atoms with Gasteiger partial charge in [0.15, 0.2) is 5.65 Å². The number of hydrogen-bond acceptors (Lipinski definition) is 5. The van der Waals surface area contributed by atoms with Gasteiger partial charge < -0.3 is 4.74 Å². The molecule has 0 unspecified atom stereocenters. The van der Waals surface area contributed by atoms with Crippen molar-refractivity contribution >= 4 is 5.65 Å². The van der Waals surface area contributed by atoms with Gasteiger partial charge in [-0.15, -0.1) is 6.58 Å². The molecule has 0 saturated carbocycles. The lowest BCUT2D eigenvalue weighted by molar-refractivity contribution is 0.280. The van der Waals surface area contributed by atoms with E-state index in [1.54, 1.807) is 23.1 Å². The van der Waals surface area contributed by atoms with Crippen LogP contribution in [0.15, 0.2) is 43.4 Å². The molecular formula is C16H17N5O. The molecule has 0 N–H and O–H groups in total. The second-order valence-corrected chi connectivity index (χ2v) is 4.95. The molecule has 0 fully saturated rings. The van der Waals surface area contributed by atoms with E-state index >= 15 is 0 Å². The fourth-order valence-corrected chi connectivity index (χ4v) is 2.06. The first-order valence-corrected chi connectivity index (χ1v) is 7.11. The summed E-state index contributed by atoms with van der Waals surface area (Å²) in [5, 5.41) is 4.24. The minimum absolute atomic E-state index is 0.340. The molecule has 22 heavy (non-hydrogen) atoms. The van der Waals surface area contributed by atoms with Crippen LogP contribution in [-0.4, -0.2) is 24.6 Å². The average molecular weight is 295 g/mol. The summed E-state index contributed by atoms with van der Waals surface area (Å²) < 4.78 is 7.54. The van der Waals surface area contributed by atoms with Gasteiger partial charge in [-0.3, -0.25) is 9.97 Å². The van der Waals surface area contributed by atoms with Crippen LogP contribution in [-0.2, 0) is 13.0 Å². The highest BCUT2D eigenvalue weighted by Crippen LogP contribution is 2.17. The molecule has 0 saturated heterocycles. The first kappa shape index (κ1) is 14.2. The number of fused-ring (bicyclic) bond motifs is 1. The molecule has 0 radical (unpaired) electrons. The molecule has 0 aromatic carbocycles. The summed E-state index contributed by atoms with van der Waals surface area (Å²) >= 11 is 0. The molecule has 0 atom stereocenters. The second kappa shape index (κ2) is 6.34. The van der Waals surface area contributed by atoms with Gasteiger partial charge in [0, 0.05) is 24.0 Å². The molecule has 0 bridgehead atoms. The van der Waals surface area contributed by atoms with E-state index in [9.17, 15) is 0 Å². The van der Waals surface area contributed by atoms with Crippen molar-refractivity contribution < 1.29 is 4.74 Å². The van der Waals surface area contributed by atoms with E-state index in [4.69, 9.17) is 4.74 Å². The van der Waals surface area contributed by atoms with Gasteiger partial charge in [0.05, 0.1) is 23.8 Å². The third-order valence-electron chi connectivity index (χ3n) is 3.19. The highest BCUT2D eigenvalue weighted by molar-refractivity contribution is 5.41. The average Bonchev–Trinajstić information content (AvgIpc) is 3.00. The van der Waals surface area contributed by atoms with Crippen molar-refractivity contribution in [2.45, 2.75) is 26.4 Å². The van der Waals surface area contributed by atoms with Crippen LogP contribution in [0, 0.1) is 6.92 Å². The topological polar surface area (TPSA) is 65.2 Å². The number of hydrogen-bond donors (Lipinski definition) is 0. The predicted molar refractivity (Wildman–Crippen MR) is 82.6 cm³/mol. The summed E-state index contributed by atoms with van der Waals surface area (Å²) in [7, 11) is 0. The first-order valence-electron chi connectivity index (χ1n) is 7.11. The van der Waals surface area contributed by atoms with Crippen molar-refractivity contribution in [3.8, 4) is 5.88 Å². The van der Waals surface area contributed by atoms with Crippen molar-refractivity contribution in [2.24, 2.45) is 0 Å². The maximum atomic E-state index is 5.86. The highest BCUT2D eigenvalue weighted by Gasteiger charge is 2.08. The van der Waals surface area contributed by atoms with Gasteiger partial charge in [0.25, 0.3) is 0 Å². The largest absolute Gasteiger partial charge is 0.471 e. The monoisotopic (exact) mass is 295 g/mol. The third-order valence-corrected chi connectivity index (χ3v) is 3.19. The quantitative estimate of drug-likeness (QED) is 0.654. The molecule has 6 heteroatoms. The molecule has 0 aliphatic heterocycles. The Hall–Kier alpha value is -2.76. The maximum absolute atomic E-state index is 5.86. The molecule has 0 spiro atoms. The van der Waals surface area contributed by atoms with Gasteiger partial charge in [-0.25, -0.2) is 4.98 Å². The van der Waals surface area contributed by atoms with Crippen molar-refractivity contribution in [1.29, 1.82) is 0 Å². The van der Waals surface area contributed by atoms with Gasteiger partial charge >= 0.3 is 0 Å². The van der Waals surface area contributed by atoms with Crippen LogP contribution < -0.4 is 4.74 Å². The van der Waals surface area contributed by atoms with E-state index in [2.05, 4.69) is 26.6 Å². The Morgan fingerprint density at radius 1 is 1.27 bits per heavy atom. The number of aryl methyl sites for hydroxylation is 2. The number of allylic oxidation sites excluding steroid dienone is 1. The van der Waals surface area contributed by atoms with Crippen molar-refractivity contribution in [3.05, 3.63) is 60.5 Å². The van der Waals surface area contributed by atoms with Gasteiger partial charge in [-0.1, -0.05) is 6.08 Å². The van der Waals surface area contributed by atoms with Gasteiger partial charge in [0.1, 0.15) is 6.61 Å². The predicted octanol–water partition coefficient (Wildman–Crippen LogP) is 2.53. The Bertz CT molecular complexity index is 779. The molecule has 3 heterocycles. The van der Waals surface area contributed by atoms with E-state index in [1.165, 1.54) is 0 Å². The minimum Gasteiger partial charge on any atom is -0.471 e. The lowest BCUT2D eigenvalue weighted by Crippen LogP contribution is -2.06. The van der Waals surface area contributed by atoms with E-state index in [0.717, 1.165) is 35.6 Å². The van der Waals surface area contributed by atoms with E-state index in [1.807, 2.05) is 25.1 Å². The standard InChI is InChI=1S/C16H17N5O/c1-3-4-5-13-8-16(21-15(20-13)6-7-19-21)22-11-14-10-17-12(2)9-18-14/h3,6-10H,1,4-5,11H2,2H3. The van der Waals surface area contributed by atoms with Crippen LogP contribution in [0.5, 0.6) is 5.88 Å². The molecule has 3 aromatic heterocycles. The SMILES string of the molecule is C=CCCc1cc(OCc2cnc(C)cn2)n2nccc2n1. The molecule has 0 amide bonds. The summed E-state index contributed by atoms with van der Waals surface area (Å²) in [6.45, 7) is 5.98. The zero-order chi connectivity index (χ0) is 15.4. The Balaban J connectivity index is 1.83. The number of nitrogens with zero attached hydrogens (tertiary/aromatic N) is 5. The lowest BCUT2D eigenvalue weighted by Gasteiger charge is -2.09. The second-order valence-electron chi connectivity index (χ2n) is 4.95. The zero-order valence-corrected chi connectivity index (χ0v) is 12.4. The fourth-order valence-electron chi connectivity index (χ4n) is 2.06. The third kappa shape index (κ3) is 3.11. The Labute approximate surface area is 128 Å². The molecule has 3 rings (SSSR count). The number of rotatable bonds is 6. The molecule has 112 valence electrons. The lowest BCUT2D eigenvalue weighted by atomic mass is 10.2. The summed E-state index contributed by atoms with van der Waals surface area (Å²) in [5.41, 5.74) is 3.38. The van der Waals surface area contributed by atoms with Crippen LogP contribution in [0.4, 0.5) is 0 Å².